The molecule has 4 N–H and O–H groups in total. The first-order valence-electron chi connectivity index (χ1n) is 3.95. The highest BCUT2D eigenvalue weighted by molar-refractivity contribution is 5.81. The Morgan fingerprint density at radius 3 is 3.07 bits per heavy atom. The third-order valence-corrected chi connectivity index (χ3v) is 1.80. The molecule has 1 unspecified atom stereocenters. The van der Waals surface area contributed by atoms with Crippen LogP contribution >= 0.6 is 0 Å². The van der Waals surface area contributed by atoms with Gasteiger partial charge < -0.3 is 15.8 Å². The normalized spacial score (nSPS) is 14.1. The second-order valence-electron chi connectivity index (χ2n) is 2.95. The van der Waals surface area contributed by atoms with Gasteiger partial charge in [-0.15, -0.1) is 5.73 Å². The largest absolute Gasteiger partial charge is 0.480 e. The van der Waals surface area contributed by atoms with E-state index < -0.39 is 11.5 Å². The third-order valence-electron chi connectivity index (χ3n) is 1.80. The Balaban J connectivity index is 2.90. The summed E-state index contributed by atoms with van der Waals surface area (Å²) >= 11 is 0. The van der Waals surface area contributed by atoms with Crippen LogP contribution in [0, 0.1) is 0 Å². The number of hydrogen-bond donors (Lipinski definition) is 3. The highest BCUT2D eigenvalue weighted by Gasteiger charge is 2.31. The summed E-state index contributed by atoms with van der Waals surface area (Å²) in [5.41, 5.74) is 7.20. The maximum absolute atomic E-state index is 10.9. The second-order valence-corrected chi connectivity index (χ2v) is 2.95. The zero-order valence-electron chi connectivity index (χ0n) is 7.53. The molecule has 1 heterocycles. The van der Waals surface area contributed by atoms with E-state index >= 15 is 0 Å². The minimum Gasteiger partial charge on any atom is -0.480 e. The summed E-state index contributed by atoms with van der Waals surface area (Å²) in [6.45, 7) is 3.31. The predicted molar refractivity (Wildman–Crippen MR) is 50.6 cm³/mol. The fourth-order valence-corrected chi connectivity index (χ4v) is 1.07. The van der Waals surface area contributed by atoms with Crippen LogP contribution in [0.5, 0.6) is 0 Å². The smallest absolute Gasteiger partial charge is 0.328 e. The van der Waals surface area contributed by atoms with Crippen molar-refractivity contribution in [3.05, 3.63) is 36.6 Å². The van der Waals surface area contributed by atoms with Crippen molar-refractivity contribution in [2.75, 3.05) is 0 Å². The SMILES string of the molecule is C=C=CC(N)(Cc1cnc[nH]1)C(=O)O. The van der Waals surface area contributed by atoms with Crippen LogP contribution in [-0.4, -0.2) is 26.6 Å². The highest BCUT2D eigenvalue weighted by Crippen LogP contribution is 2.10. The number of nitrogens with one attached hydrogen (secondary N) is 1. The van der Waals surface area contributed by atoms with Crippen LogP contribution in [0.4, 0.5) is 0 Å². The molecule has 74 valence electrons. The number of rotatable bonds is 4. The number of nitrogens with zero attached hydrogens (tertiary/aromatic N) is 1. The van der Waals surface area contributed by atoms with Gasteiger partial charge >= 0.3 is 5.97 Å². The molecule has 1 rings (SSSR count). The maximum Gasteiger partial charge on any atom is 0.328 e. The van der Waals surface area contributed by atoms with Gasteiger partial charge in [-0.1, -0.05) is 6.58 Å². The van der Waals surface area contributed by atoms with Gasteiger partial charge in [0.2, 0.25) is 0 Å². The minimum atomic E-state index is -1.48. The van der Waals surface area contributed by atoms with E-state index in [0.717, 1.165) is 0 Å². The molecule has 5 heteroatoms. The van der Waals surface area contributed by atoms with Crippen LogP contribution in [-0.2, 0) is 11.2 Å². The van der Waals surface area contributed by atoms with E-state index in [1.807, 2.05) is 0 Å². The predicted octanol–water partition coefficient (Wildman–Crippen LogP) is 0.0754. The molecule has 1 atom stereocenters. The van der Waals surface area contributed by atoms with Crippen LogP contribution in [0.25, 0.3) is 0 Å². The lowest BCUT2D eigenvalue weighted by Crippen LogP contribution is -2.48. The number of carbonyl (C=O) groups is 1. The summed E-state index contributed by atoms with van der Waals surface area (Å²) in [4.78, 5) is 17.4. The number of aromatic nitrogens is 2. The van der Waals surface area contributed by atoms with Crippen LogP contribution in [0.1, 0.15) is 5.69 Å². The fourth-order valence-electron chi connectivity index (χ4n) is 1.07. The second kappa shape index (κ2) is 3.91. The first-order valence-corrected chi connectivity index (χ1v) is 3.95. The highest BCUT2D eigenvalue weighted by atomic mass is 16.4. The number of aliphatic carboxylic acids is 1. The molecule has 0 bridgehead atoms. The molecule has 0 saturated carbocycles. The summed E-state index contributed by atoms with van der Waals surface area (Å²) in [5, 5.41) is 8.90. The Labute approximate surface area is 81.0 Å². The van der Waals surface area contributed by atoms with Crippen LogP contribution in [0.2, 0.25) is 0 Å². The molecule has 0 radical (unpaired) electrons. The monoisotopic (exact) mass is 193 g/mol. The van der Waals surface area contributed by atoms with Crippen molar-refractivity contribution in [1.82, 2.24) is 9.97 Å². The van der Waals surface area contributed by atoms with E-state index in [4.69, 9.17) is 10.8 Å². The van der Waals surface area contributed by atoms with Crippen molar-refractivity contribution in [2.24, 2.45) is 5.73 Å². The van der Waals surface area contributed by atoms with E-state index in [2.05, 4.69) is 22.3 Å². The summed E-state index contributed by atoms with van der Waals surface area (Å²) in [6.07, 6.45) is 4.36. The lowest BCUT2D eigenvalue weighted by Gasteiger charge is -2.18. The van der Waals surface area contributed by atoms with Crippen molar-refractivity contribution in [3.63, 3.8) is 0 Å². The first kappa shape index (κ1) is 10.2. The van der Waals surface area contributed by atoms with Gasteiger partial charge in [0.15, 0.2) is 0 Å². The van der Waals surface area contributed by atoms with Gasteiger partial charge in [-0.2, -0.15) is 0 Å². The number of carboxylic acid groups (broad SMARTS) is 1. The Morgan fingerprint density at radius 2 is 2.64 bits per heavy atom. The van der Waals surface area contributed by atoms with Gasteiger partial charge in [-0.3, -0.25) is 0 Å². The zero-order chi connectivity index (χ0) is 10.6. The standard InChI is InChI=1S/C9H11N3O2/c1-2-3-9(10,8(13)14)4-7-5-11-6-12-7/h3,5-6H,1,4,10H2,(H,11,12)(H,13,14). The van der Waals surface area contributed by atoms with Gasteiger partial charge in [-0.25, -0.2) is 9.78 Å². The fraction of sp³-hybridized carbons (Fsp3) is 0.222. The van der Waals surface area contributed by atoms with Gasteiger partial charge in [0.05, 0.1) is 6.33 Å². The Morgan fingerprint density at radius 1 is 1.93 bits per heavy atom. The lowest BCUT2D eigenvalue weighted by atomic mass is 9.95. The molecule has 0 aliphatic carbocycles. The number of carboxylic acids is 1. The van der Waals surface area contributed by atoms with E-state index in [0.29, 0.717) is 5.69 Å². The zero-order valence-corrected chi connectivity index (χ0v) is 7.53. The quantitative estimate of drug-likeness (QED) is 0.590. The molecule has 0 aliphatic heterocycles. The van der Waals surface area contributed by atoms with Crippen LogP contribution in [0.3, 0.4) is 0 Å². The Hall–Kier alpha value is -1.84. The number of hydrogen-bond acceptors (Lipinski definition) is 3. The molecule has 0 fully saturated rings. The van der Waals surface area contributed by atoms with E-state index in [1.54, 1.807) is 0 Å². The third kappa shape index (κ3) is 2.10. The van der Waals surface area contributed by atoms with Crippen molar-refractivity contribution in [1.29, 1.82) is 0 Å². The number of imidazole rings is 1. The topological polar surface area (TPSA) is 92.0 Å². The number of H-pyrrole nitrogens is 1. The average molecular weight is 193 g/mol. The Bertz CT molecular complexity index is 361. The molecule has 0 saturated heterocycles. The van der Waals surface area contributed by atoms with E-state index in [1.165, 1.54) is 18.6 Å². The molecule has 0 spiro atoms. The molecule has 0 aliphatic rings. The van der Waals surface area contributed by atoms with Crippen molar-refractivity contribution in [2.45, 2.75) is 12.0 Å². The summed E-state index contributed by atoms with van der Waals surface area (Å²) < 4.78 is 0. The lowest BCUT2D eigenvalue weighted by molar-refractivity contribution is -0.141. The van der Waals surface area contributed by atoms with Crippen molar-refractivity contribution in [3.8, 4) is 0 Å². The van der Waals surface area contributed by atoms with Crippen molar-refractivity contribution < 1.29 is 9.90 Å². The van der Waals surface area contributed by atoms with E-state index in [9.17, 15) is 4.79 Å². The summed E-state index contributed by atoms with van der Waals surface area (Å²) in [6, 6.07) is 0. The molecule has 1 aromatic rings. The molecule has 5 nitrogen and oxygen atoms in total. The van der Waals surface area contributed by atoms with Gasteiger partial charge in [0, 0.05) is 18.3 Å². The van der Waals surface area contributed by atoms with Gasteiger partial charge in [0.25, 0.3) is 0 Å². The van der Waals surface area contributed by atoms with Crippen molar-refractivity contribution >= 4 is 5.97 Å². The maximum atomic E-state index is 10.9. The first-order chi connectivity index (χ1) is 6.58. The average Bonchev–Trinajstić information content (AvgIpc) is 2.56. The number of nitrogens with two attached hydrogens (primary N) is 1. The molecule has 0 amide bonds. The molecule has 0 aromatic carbocycles. The molecule has 14 heavy (non-hydrogen) atoms. The van der Waals surface area contributed by atoms with Crippen LogP contribution in [0.15, 0.2) is 30.9 Å². The van der Waals surface area contributed by atoms with Crippen LogP contribution < -0.4 is 5.73 Å². The molecular formula is C9H11N3O2. The molecule has 1 aromatic heterocycles. The summed E-state index contributed by atoms with van der Waals surface area (Å²) in [5.74, 6) is -1.12. The number of aromatic amines is 1. The van der Waals surface area contributed by atoms with E-state index in [-0.39, 0.29) is 6.42 Å². The van der Waals surface area contributed by atoms with Gasteiger partial charge in [0.1, 0.15) is 5.54 Å². The summed E-state index contributed by atoms with van der Waals surface area (Å²) in [7, 11) is 0. The van der Waals surface area contributed by atoms with Gasteiger partial charge in [-0.05, 0) is 6.08 Å². The Kier molecular flexibility index (Phi) is 2.86. The minimum absolute atomic E-state index is 0.130. The molecular weight excluding hydrogens is 182 g/mol.